The van der Waals surface area contributed by atoms with Crippen LogP contribution in [0.2, 0.25) is 5.02 Å². The number of benzene rings is 1. The Kier molecular flexibility index (Phi) is 4.64. The van der Waals surface area contributed by atoms with Crippen molar-refractivity contribution in [3.05, 3.63) is 28.8 Å². The highest BCUT2D eigenvalue weighted by Crippen LogP contribution is 2.23. The Labute approximate surface area is 122 Å². The van der Waals surface area contributed by atoms with Crippen LogP contribution in [0.25, 0.3) is 0 Å². The predicted molar refractivity (Wildman–Crippen MR) is 74.4 cm³/mol. The van der Waals surface area contributed by atoms with Crippen molar-refractivity contribution in [3.63, 3.8) is 0 Å². The van der Waals surface area contributed by atoms with Crippen LogP contribution in [0.5, 0.6) is 0 Å². The van der Waals surface area contributed by atoms with Crippen molar-refractivity contribution in [2.75, 3.05) is 20.2 Å². The van der Waals surface area contributed by atoms with Gasteiger partial charge in [-0.25, -0.2) is 17.9 Å². The summed E-state index contributed by atoms with van der Waals surface area (Å²) in [6, 6.07) is 3.84. The summed E-state index contributed by atoms with van der Waals surface area (Å²) in [5.74, 6) is -0.611. The van der Waals surface area contributed by atoms with E-state index in [-0.39, 0.29) is 21.5 Å². The number of carbonyl (C=O) groups is 1. The Morgan fingerprint density at radius 1 is 1.50 bits per heavy atom. The molecule has 6 nitrogen and oxygen atoms in total. The fourth-order valence-corrected chi connectivity index (χ4v) is 3.79. The molecule has 1 aromatic carbocycles. The van der Waals surface area contributed by atoms with Gasteiger partial charge in [-0.15, -0.1) is 0 Å². The maximum atomic E-state index is 12.3. The van der Waals surface area contributed by atoms with Gasteiger partial charge in [-0.3, -0.25) is 0 Å². The van der Waals surface area contributed by atoms with E-state index in [0.717, 1.165) is 6.54 Å². The van der Waals surface area contributed by atoms with E-state index in [1.54, 1.807) is 0 Å². The minimum absolute atomic E-state index is 0.0658. The number of hydrogen-bond donors (Lipinski definition) is 2. The largest absolute Gasteiger partial charge is 0.465 e. The minimum Gasteiger partial charge on any atom is -0.465 e. The Morgan fingerprint density at radius 3 is 2.85 bits per heavy atom. The van der Waals surface area contributed by atoms with E-state index in [2.05, 4.69) is 14.8 Å². The molecular formula is C12H15ClN2O4S. The quantitative estimate of drug-likeness (QED) is 0.801. The third-order valence-electron chi connectivity index (χ3n) is 3.02. The van der Waals surface area contributed by atoms with Gasteiger partial charge in [-0.2, -0.15) is 0 Å². The number of halogens is 1. The first-order valence-corrected chi connectivity index (χ1v) is 7.91. The number of methoxy groups -OCH3 is 1. The molecule has 0 radical (unpaired) electrons. The summed E-state index contributed by atoms with van der Waals surface area (Å²) in [5.41, 5.74) is 0.141. The minimum atomic E-state index is -3.77. The lowest BCUT2D eigenvalue weighted by molar-refractivity contribution is 0.0600. The van der Waals surface area contributed by atoms with Crippen LogP contribution in [0.15, 0.2) is 23.1 Å². The molecule has 110 valence electrons. The Morgan fingerprint density at radius 2 is 2.25 bits per heavy atom. The second-order valence-electron chi connectivity index (χ2n) is 4.45. The zero-order valence-electron chi connectivity index (χ0n) is 10.8. The van der Waals surface area contributed by atoms with E-state index < -0.39 is 16.0 Å². The SMILES string of the molecule is COC(=O)c1ccc(Cl)c(S(=O)(=O)N[C@@H]2CCNC2)c1. The fraction of sp³-hybridized carbons (Fsp3) is 0.417. The van der Waals surface area contributed by atoms with Crippen molar-refractivity contribution in [1.29, 1.82) is 0 Å². The van der Waals surface area contributed by atoms with Crippen LogP contribution in [0, 0.1) is 0 Å². The number of ether oxygens (including phenoxy) is 1. The van der Waals surface area contributed by atoms with Gasteiger partial charge in [0.25, 0.3) is 0 Å². The number of esters is 1. The highest BCUT2D eigenvalue weighted by atomic mass is 35.5. The summed E-state index contributed by atoms with van der Waals surface area (Å²) >= 11 is 5.93. The fourth-order valence-electron chi connectivity index (χ4n) is 1.99. The van der Waals surface area contributed by atoms with Gasteiger partial charge in [0.2, 0.25) is 10.0 Å². The van der Waals surface area contributed by atoms with Gasteiger partial charge in [0, 0.05) is 12.6 Å². The second kappa shape index (κ2) is 6.09. The lowest BCUT2D eigenvalue weighted by Gasteiger charge is -2.13. The van der Waals surface area contributed by atoms with Crippen LogP contribution in [0.1, 0.15) is 16.8 Å². The van der Waals surface area contributed by atoms with Gasteiger partial charge in [0.15, 0.2) is 0 Å². The molecule has 1 aliphatic rings. The van der Waals surface area contributed by atoms with Crippen molar-refractivity contribution in [2.45, 2.75) is 17.4 Å². The topological polar surface area (TPSA) is 84.5 Å². The van der Waals surface area contributed by atoms with Crippen molar-refractivity contribution in [1.82, 2.24) is 10.0 Å². The van der Waals surface area contributed by atoms with Crippen LogP contribution in [-0.2, 0) is 14.8 Å². The van der Waals surface area contributed by atoms with E-state index in [1.165, 1.54) is 25.3 Å². The number of hydrogen-bond acceptors (Lipinski definition) is 5. The molecule has 0 spiro atoms. The molecule has 0 amide bonds. The average molecular weight is 319 g/mol. The average Bonchev–Trinajstić information content (AvgIpc) is 2.90. The van der Waals surface area contributed by atoms with E-state index in [0.29, 0.717) is 13.0 Å². The number of sulfonamides is 1. The van der Waals surface area contributed by atoms with Gasteiger partial charge >= 0.3 is 5.97 Å². The molecule has 1 heterocycles. The summed E-state index contributed by atoms with van der Waals surface area (Å²) < 4.78 is 31.7. The first kappa shape index (κ1) is 15.2. The maximum Gasteiger partial charge on any atom is 0.337 e. The van der Waals surface area contributed by atoms with Gasteiger partial charge in [-0.05, 0) is 31.2 Å². The van der Waals surface area contributed by atoms with Crippen molar-refractivity contribution >= 4 is 27.6 Å². The molecule has 0 bridgehead atoms. The molecule has 0 aromatic heterocycles. The molecule has 1 aliphatic heterocycles. The third-order valence-corrected chi connectivity index (χ3v) is 5.03. The summed E-state index contributed by atoms with van der Waals surface area (Å²) in [5, 5.41) is 3.13. The first-order chi connectivity index (χ1) is 9.44. The standard InChI is InChI=1S/C12H15ClN2O4S/c1-19-12(16)8-2-3-10(13)11(6-8)20(17,18)15-9-4-5-14-7-9/h2-3,6,9,14-15H,4-5,7H2,1H3/t9-/m1/s1. The predicted octanol–water partition coefficient (Wildman–Crippen LogP) is 0.767. The molecule has 0 saturated carbocycles. The maximum absolute atomic E-state index is 12.3. The van der Waals surface area contributed by atoms with E-state index in [4.69, 9.17) is 11.6 Å². The molecule has 2 N–H and O–H groups in total. The Balaban J connectivity index is 2.32. The Hall–Kier alpha value is -1.15. The highest BCUT2D eigenvalue weighted by molar-refractivity contribution is 7.89. The van der Waals surface area contributed by atoms with Crippen LogP contribution < -0.4 is 10.0 Å². The second-order valence-corrected chi connectivity index (χ2v) is 6.54. The van der Waals surface area contributed by atoms with E-state index in [9.17, 15) is 13.2 Å². The summed E-state index contributed by atoms with van der Waals surface area (Å²) in [6.45, 7) is 1.34. The number of rotatable bonds is 4. The monoisotopic (exact) mass is 318 g/mol. The van der Waals surface area contributed by atoms with Gasteiger partial charge in [-0.1, -0.05) is 11.6 Å². The van der Waals surface area contributed by atoms with E-state index in [1.807, 2.05) is 0 Å². The first-order valence-electron chi connectivity index (χ1n) is 6.05. The van der Waals surface area contributed by atoms with Gasteiger partial charge in [0.05, 0.1) is 17.7 Å². The number of nitrogens with one attached hydrogen (secondary N) is 2. The molecular weight excluding hydrogens is 304 g/mol. The normalized spacial score (nSPS) is 19.0. The van der Waals surface area contributed by atoms with Crippen LogP contribution in [0.4, 0.5) is 0 Å². The molecule has 0 unspecified atom stereocenters. The van der Waals surface area contributed by atoms with Gasteiger partial charge < -0.3 is 10.1 Å². The summed E-state index contributed by atoms with van der Waals surface area (Å²) in [7, 11) is -2.54. The lowest BCUT2D eigenvalue weighted by atomic mass is 10.2. The van der Waals surface area contributed by atoms with Crippen LogP contribution >= 0.6 is 11.6 Å². The smallest absolute Gasteiger partial charge is 0.337 e. The van der Waals surface area contributed by atoms with Gasteiger partial charge in [0.1, 0.15) is 4.90 Å². The molecule has 1 saturated heterocycles. The van der Waals surface area contributed by atoms with Crippen molar-refractivity contribution in [3.8, 4) is 0 Å². The van der Waals surface area contributed by atoms with Crippen LogP contribution in [0.3, 0.4) is 0 Å². The van der Waals surface area contributed by atoms with Crippen LogP contribution in [-0.4, -0.2) is 40.6 Å². The summed E-state index contributed by atoms with van der Waals surface area (Å²) in [4.78, 5) is 11.3. The lowest BCUT2D eigenvalue weighted by Crippen LogP contribution is -2.36. The molecule has 20 heavy (non-hydrogen) atoms. The highest BCUT2D eigenvalue weighted by Gasteiger charge is 2.25. The third kappa shape index (κ3) is 3.29. The molecule has 1 fully saturated rings. The summed E-state index contributed by atoms with van der Waals surface area (Å²) in [6.07, 6.45) is 0.716. The number of carbonyl (C=O) groups excluding carboxylic acids is 1. The molecule has 8 heteroatoms. The Bertz CT molecular complexity index is 612. The zero-order valence-corrected chi connectivity index (χ0v) is 12.4. The molecule has 1 atom stereocenters. The van der Waals surface area contributed by atoms with Crippen molar-refractivity contribution < 1.29 is 17.9 Å². The molecule has 2 rings (SSSR count). The van der Waals surface area contributed by atoms with E-state index >= 15 is 0 Å². The molecule has 0 aliphatic carbocycles. The zero-order chi connectivity index (χ0) is 14.8. The van der Waals surface area contributed by atoms with Crippen molar-refractivity contribution in [2.24, 2.45) is 0 Å². The molecule has 1 aromatic rings.